The molecule has 0 aliphatic rings. The van der Waals surface area contributed by atoms with Crippen LogP contribution in [-0.4, -0.2) is 4.98 Å². The Morgan fingerprint density at radius 2 is 1.89 bits per heavy atom. The highest BCUT2D eigenvalue weighted by Crippen LogP contribution is 2.25. The molecule has 1 aromatic heterocycles. The SMILES string of the molecule is Cc1cc(Nc2c(F)ccc(C)c2F)ncc1N. The molecule has 0 bridgehead atoms. The number of benzene rings is 1. The molecule has 94 valence electrons. The van der Waals surface area contributed by atoms with Crippen LogP contribution in [0.2, 0.25) is 0 Å². The number of nitrogens with two attached hydrogens (primary N) is 1. The number of aryl methyl sites for hydroxylation is 2. The number of nitrogen functional groups attached to an aromatic ring is 1. The van der Waals surface area contributed by atoms with Gasteiger partial charge in [0.25, 0.3) is 0 Å². The molecule has 3 nitrogen and oxygen atoms in total. The molecule has 0 saturated carbocycles. The molecule has 5 heteroatoms. The van der Waals surface area contributed by atoms with Gasteiger partial charge >= 0.3 is 0 Å². The van der Waals surface area contributed by atoms with Gasteiger partial charge in [-0.25, -0.2) is 13.8 Å². The molecule has 0 aliphatic heterocycles. The average Bonchev–Trinajstić information content (AvgIpc) is 2.34. The van der Waals surface area contributed by atoms with E-state index in [9.17, 15) is 8.78 Å². The molecular formula is C13H13F2N3. The lowest BCUT2D eigenvalue weighted by Gasteiger charge is -2.10. The number of pyridine rings is 1. The number of anilines is 3. The zero-order valence-electron chi connectivity index (χ0n) is 10.1. The van der Waals surface area contributed by atoms with Gasteiger partial charge in [-0.2, -0.15) is 0 Å². The maximum atomic E-state index is 13.8. The van der Waals surface area contributed by atoms with Crippen molar-refractivity contribution in [1.29, 1.82) is 0 Å². The third-order valence-corrected chi connectivity index (χ3v) is 2.69. The number of nitrogens with zero attached hydrogens (tertiary/aromatic N) is 1. The van der Waals surface area contributed by atoms with E-state index < -0.39 is 11.6 Å². The predicted molar refractivity (Wildman–Crippen MR) is 67.8 cm³/mol. The lowest BCUT2D eigenvalue weighted by atomic mass is 10.2. The summed E-state index contributed by atoms with van der Waals surface area (Å²) in [6, 6.07) is 4.24. The van der Waals surface area contributed by atoms with Gasteiger partial charge in [0.2, 0.25) is 0 Å². The normalized spacial score (nSPS) is 10.4. The third kappa shape index (κ3) is 2.25. The largest absolute Gasteiger partial charge is 0.397 e. The Balaban J connectivity index is 2.39. The van der Waals surface area contributed by atoms with E-state index in [-0.39, 0.29) is 5.69 Å². The van der Waals surface area contributed by atoms with Gasteiger partial charge < -0.3 is 11.1 Å². The molecule has 0 fully saturated rings. The zero-order chi connectivity index (χ0) is 13.3. The molecule has 0 spiro atoms. The van der Waals surface area contributed by atoms with Crippen molar-refractivity contribution in [3.05, 3.63) is 47.2 Å². The van der Waals surface area contributed by atoms with E-state index in [4.69, 9.17) is 5.73 Å². The van der Waals surface area contributed by atoms with Crippen molar-refractivity contribution in [1.82, 2.24) is 4.98 Å². The minimum atomic E-state index is -0.658. The molecule has 2 rings (SSSR count). The van der Waals surface area contributed by atoms with E-state index in [1.54, 1.807) is 19.9 Å². The first kappa shape index (κ1) is 12.3. The van der Waals surface area contributed by atoms with Crippen LogP contribution in [0.25, 0.3) is 0 Å². The summed E-state index contributed by atoms with van der Waals surface area (Å²) in [6.45, 7) is 3.37. The van der Waals surface area contributed by atoms with E-state index in [1.807, 2.05) is 0 Å². The van der Waals surface area contributed by atoms with Crippen molar-refractivity contribution >= 4 is 17.2 Å². The van der Waals surface area contributed by atoms with Crippen LogP contribution in [0.3, 0.4) is 0 Å². The van der Waals surface area contributed by atoms with Crippen molar-refractivity contribution in [3.8, 4) is 0 Å². The van der Waals surface area contributed by atoms with Gasteiger partial charge in [-0.1, -0.05) is 6.07 Å². The van der Waals surface area contributed by atoms with Crippen LogP contribution in [-0.2, 0) is 0 Å². The molecular weight excluding hydrogens is 236 g/mol. The minimum Gasteiger partial charge on any atom is -0.397 e. The highest BCUT2D eigenvalue weighted by atomic mass is 19.1. The Bertz CT molecular complexity index is 597. The Morgan fingerprint density at radius 3 is 2.56 bits per heavy atom. The van der Waals surface area contributed by atoms with Gasteiger partial charge in [-0.3, -0.25) is 0 Å². The number of aromatic nitrogens is 1. The predicted octanol–water partition coefficient (Wildman–Crippen LogP) is 3.30. The lowest BCUT2D eigenvalue weighted by molar-refractivity contribution is 0.584. The summed E-state index contributed by atoms with van der Waals surface area (Å²) in [5, 5.41) is 2.63. The number of halogens is 2. The van der Waals surface area contributed by atoms with Crippen molar-refractivity contribution in [2.24, 2.45) is 0 Å². The van der Waals surface area contributed by atoms with Crippen LogP contribution in [0.1, 0.15) is 11.1 Å². The first-order valence-electron chi connectivity index (χ1n) is 5.43. The Hall–Kier alpha value is -2.17. The second-order valence-electron chi connectivity index (χ2n) is 4.10. The molecule has 1 heterocycles. The van der Waals surface area contributed by atoms with Crippen molar-refractivity contribution in [2.75, 3.05) is 11.1 Å². The summed E-state index contributed by atoms with van der Waals surface area (Å²) in [6.07, 6.45) is 1.45. The maximum Gasteiger partial charge on any atom is 0.152 e. The Kier molecular flexibility index (Phi) is 3.14. The van der Waals surface area contributed by atoms with Crippen LogP contribution in [0.4, 0.5) is 26.0 Å². The van der Waals surface area contributed by atoms with Gasteiger partial charge in [0, 0.05) is 0 Å². The first-order chi connectivity index (χ1) is 8.49. The monoisotopic (exact) mass is 249 g/mol. The Morgan fingerprint density at radius 1 is 1.17 bits per heavy atom. The molecule has 2 aromatic rings. The number of hydrogen-bond donors (Lipinski definition) is 2. The van der Waals surface area contributed by atoms with Crippen molar-refractivity contribution in [2.45, 2.75) is 13.8 Å². The van der Waals surface area contributed by atoms with Gasteiger partial charge in [-0.15, -0.1) is 0 Å². The lowest BCUT2D eigenvalue weighted by Crippen LogP contribution is -2.02. The smallest absolute Gasteiger partial charge is 0.152 e. The molecule has 0 aliphatic carbocycles. The van der Waals surface area contributed by atoms with Crippen LogP contribution in [0, 0.1) is 25.5 Å². The van der Waals surface area contributed by atoms with E-state index in [1.165, 1.54) is 18.3 Å². The standard InChI is InChI=1S/C13H13F2N3/c1-7-3-4-9(14)13(12(7)15)18-11-5-8(2)10(16)6-17-11/h3-6H,16H2,1-2H3,(H,17,18). The van der Waals surface area contributed by atoms with Crippen molar-refractivity contribution < 1.29 is 8.78 Å². The zero-order valence-corrected chi connectivity index (χ0v) is 10.1. The fourth-order valence-corrected chi connectivity index (χ4v) is 1.53. The quantitative estimate of drug-likeness (QED) is 0.858. The highest BCUT2D eigenvalue weighted by Gasteiger charge is 2.12. The second kappa shape index (κ2) is 4.60. The molecule has 3 N–H and O–H groups in total. The summed E-state index contributed by atoms with van der Waals surface area (Å²) in [4.78, 5) is 3.98. The number of rotatable bonds is 2. The van der Waals surface area contributed by atoms with E-state index >= 15 is 0 Å². The van der Waals surface area contributed by atoms with Crippen molar-refractivity contribution in [3.63, 3.8) is 0 Å². The van der Waals surface area contributed by atoms with Crippen LogP contribution < -0.4 is 11.1 Å². The third-order valence-electron chi connectivity index (χ3n) is 2.69. The highest BCUT2D eigenvalue weighted by molar-refractivity contribution is 5.61. The molecule has 1 aromatic carbocycles. The fraction of sp³-hybridized carbons (Fsp3) is 0.154. The topological polar surface area (TPSA) is 50.9 Å². The van der Waals surface area contributed by atoms with Gasteiger partial charge in [0.1, 0.15) is 17.3 Å². The average molecular weight is 249 g/mol. The summed E-state index contributed by atoms with van der Waals surface area (Å²) in [5.74, 6) is -0.925. The molecule has 0 unspecified atom stereocenters. The summed E-state index contributed by atoms with van der Waals surface area (Å²) < 4.78 is 27.3. The molecule has 18 heavy (non-hydrogen) atoms. The van der Waals surface area contributed by atoms with E-state index in [0.29, 0.717) is 17.1 Å². The fourth-order valence-electron chi connectivity index (χ4n) is 1.53. The minimum absolute atomic E-state index is 0.202. The summed E-state index contributed by atoms with van der Waals surface area (Å²) in [7, 11) is 0. The first-order valence-corrected chi connectivity index (χ1v) is 5.43. The molecule has 0 saturated heterocycles. The van der Waals surface area contributed by atoms with Crippen LogP contribution >= 0.6 is 0 Å². The van der Waals surface area contributed by atoms with Gasteiger partial charge in [-0.05, 0) is 37.1 Å². The molecule has 0 radical (unpaired) electrons. The summed E-state index contributed by atoms with van der Waals surface area (Å²) >= 11 is 0. The second-order valence-corrected chi connectivity index (χ2v) is 4.10. The van der Waals surface area contributed by atoms with E-state index in [0.717, 1.165) is 5.56 Å². The molecule has 0 atom stereocenters. The number of nitrogens with one attached hydrogen (secondary N) is 1. The van der Waals surface area contributed by atoms with Gasteiger partial charge in [0.05, 0.1) is 11.9 Å². The molecule has 0 amide bonds. The summed E-state index contributed by atoms with van der Waals surface area (Å²) in [5.41, 5.74) is 7.12. The van der Waals surface area contributed by atoms with Crippen LogP contribution in [0.15, 0.2) is 24.4 Å². The van der Waals surface area contributed by atoms with Crippen LogP contribution in [0.5, 0.6) is 0 Å². The van der Waals surface area contributed by atoms with Gasteiger partial charge in [0.15, 0.2) is 5.82 Å². The van der Waals surface area contributed by atoms with E-state index in [2.05, 4.69) is 10.3 Å². The maximum absolute atomic E-state index is 13.8. The number of hydrogen-bond acceptors (Lipinski definition) is 3. The Labute approximate surface area is 104 Å².